The van der Waals surface area contributed by atoms with Gasteiger partial charge in [-0.2, -0.15) is 0 Å². The maximum atomic E-state index is 13.6. The molecule has 0 radical (unpaired) electrons. The predicted molar refractivity (Wildman–Crippen MR) is 125 cm³/mol. The first-order valence-corrected chi connectivity index (χ1v) is 12.1. The molecular formula is C26H36N2O5. The molecule has 7 nitrogen and oxygen atoms in total. The quantitative estimate of drug-likeness (QED) is 0.303. The highest BCUT2D eigenvalue weighted by Gasteiger charge is 2.56. The summed E-state index contributed by atoms with van der Waals surface area (Å²) < 4.78 is 5.30. The Morgan fingerprint density at radius 2 is 1.82 bits per heavy atom. The number of aliphatic hydroxyl groups excluding tert-OH is 1. The molecule has 0 unspecified atom stereocenters. The van der Waals surface area contributed by atoms with Gasteiger partial charge < -0.3 is 20.1 Å². The molecule has 1 aromatic carbocycles. The summed E-state index contributed by atoms with van der Waals surface area (Å²) in [6.07, 6.45) is 7.10. The maximum Gasteiger partial charge on any atom is 0.310 e. The Morgan fingerprint density at radius 3 is 2.52 bits per heavy atom. The van der Waals surface area contributed by atoms with E-state index in [0.717, 1.165) is 31.2 Å². The number of fused-ring (bicyclic) bond motifs is 1. The third kappa shape index (κ3) is 5.82. The number of nitrogens with zero attached hydrogens (tertiary/aromatic N) is 1. The summed E-state index contributed by atoms with van der Waals surface area (Å²) in [5.41, 5.74) is 0.986. The lowest BCUT2D eigenvalue weighted by atomic mass is 9.70. The third-order valence-corrected chi connectivity index (χ3v) is 6.72. The van der Waals surface area contributed by atoms with Crippen molar-refractivity contribution in [3.8, 4) is 0 Å². The normalized spacial score (nSPS) is 26.2. The van der Waals surface area contributed by atoms with Crippen molar-refractivity contribution in [2.24, 2.45) is 23.7 Å². The van der Waals surface area contributed by atoms with E-state index >= 15 is 0 Å². The van der Waals surface area contributed by atoms with Crippen molar-refractivity contribution in [3.63, 3.8) is 0 Å². The van der Waals surface area contributed by atoms with Gasteiger partial charge in [-0.15, -0.1) is 0 Å². The van der Waals surface area contributed by atoms with Crippen LogP contribution in [0.1, 0.15) is 45.1 Å². The van der Waals surface area contributed by atoms with E-state index in [1.807, 2.05) is 49.4 Å². The molecule has 1 aliphatic heterocycles. The average Bonchev–Trinajstić information content (AvgIpc) is 3.09. The van der Waals surface area contributed by atoms with Crippen LogP contribution in [-0.2, 0) is 25.7 Å². The molecule has 3 rings (SSSR count). The number of nitrogens with one attached hydrogen (secondary N) is 1. The average molecular weight is 457 g/mol. The van der Waals surface area contributed by atoms with Gasteiger partial charge in [0.1, 0.15) is 6.04 Å². The minimum atomic E-state index is -0.648. The fraction of sp³-hybridized carbons (Fsp3) is 0.577. The summed E-state index contributed by atoms with van der Waals surface area (Å²) in [6.45, 7) is 4.93. The molecule has 1 aliphatic carbocycles. The van der Waals surface area contributed by atoms with Crippen molar-refractivity contribution in [1.29, 1.82) is 0 Å². The van der Waals surface area contributed by atoms with Gasteiger partial charge in [-0.3, -0.25) is 14.4 Å². The van der Waals surface area contributed by atoms with Gasteiger partial charge in [-0.1, -0.05) is 62.2 Å². The maximum absolute atomic E-state index is 13.6. The lowest BCUT2D eigenvalue weighted by Crippen LogP contribution is -2.47. The molecule has 33 heavy (non-hydrogen) atoms. The second-order valence-corrected chi connectivity index (χ2v) is 8.94. The van der Waals surface area contributed by atoms with Crippen LogP contribution >= 0.6 is 0 Å². The van der Waals surface area contributed by atoms with Crippen LogP contribution < -0.4 is 5.32 Å². The van der Waals surface area contributed by atoms with E-state index in [9.17, 15) is 14.4 Å². The molecule has 2 N–H and O–H groups in total. The Bertz CT molecular complexity index is 840. The smallest absolute Gasteiger partial charge is 0.310 e. The summed E-state index contributed by atoms with van der Waals surface area (Å²) in [5.74, 6) is -2.38. The van der Waals surface area contributed by atoms with Gasteiger partial charge in [0.05, 0.1) is 18.4 Å². The van der Waals surface area contributed by atoms with Gasteiger partial charge in [0.2, 0.25) is 11.8 Å². The van der Waals surface area contributed by atoms with Crippen molar-refractivity contribution >= 4 is 17.8 Å². The monoisotopic (exact) mass is 456 g/mol. The number of carbonyl (C=O) groups is 3. The van der Waals surface area contributed by atoms with Crippen LogP contribution in [0.3, 0.4) is 0 Å². The van der Waals surface area contributed by atoms with E-state index in [-0.39, 0.29) is 42.8 Å². The van der Waals surface area contributed by atoms with Crippen LogP contribution in [0.15, 0.2) is 42.5 Å². The highest BCUT2D eigenvalue weighted by molar-refractivity contribution is 5.96. The highest BCUT2D eigenvalue weighted by Crippen LogP contribution is 2.44. The molecule has 0 spiro atoms. The summed E-state index contributed by atoms with van der Waals surface area (Å²) in [4.78, 5) is 41.4. The second-order valence-electron chi connectivity index (χ2n) is 8.94. The highest BCUT2D eigenvalue weighted by atomic mass is 16.5. The number of hydrogen-bond donors (Lipinski definition) is 2. The fourth-order valence-electron chi connectivity index (χ4n) is 5.07. The van der Waals surface area contributed by atoms with E-state index in [4.69, 9.17) is 9.84 Å². The molecule has 1 aromatic rings. The molecule has 1 fully saturated rings. The molecule has 180 valence electrons. The number of esters is 1. The molecule has 5 atom stereocenters. The summed E-state index contributed by atoms with van der Waals surface area (Å²) >= 11 is 0. The third-order valence-electron chi connectivity index (χ3n) is 6.72. The molecule has 0 aromatic heterocycles. The molecule has 1 heterocycles. The first-order valence-electron chi connectivity index (χ1n) is 12.1. The van der Waals surface area contributed by atoms with Crippen molar-refractivity contribution in [1.82, 2.24) is 10.2 Å². The molecule has 2 amide bonds. The first kappa shape index (κ1) is 25.0. The number of rotatable bonds is 11. The topological polar surface area (TPSA) is 95.9 Å². The summed E-state index contributed by atoms with van der Waals surface area (Å²) in [5, 5.41) is 12.0. The zero-order valence-corrected chi connectivity index (χ0v) is 19.6. The number of carbonyl (C=O) groups excluding carboxylic acids is 3. The minimum absolute atomic E-state index is 0.133. The van der Waals surface area contributed by atoms with Crippen LogP contribution in [0.25, 0.3) is 0 Å². The van der Waals surface area contributed by atoms with Crippen molar-refractivity contribution < 1.29 is 24.2 Å². The first-order chi connectivity index (χ1) is 16.0. The molecule has 2 aliphatic rings. The predicted octanol–water partition coefficient (Wildman–Crippen LogP) is 2.68. The molecule has 0 bridgehead atoms. The lowest BCUT2D eigenvalue weighted by molar-refractivity contribution is -0.155. The Hall–Kier alpha value is -2.67. The van der Waals surface area contributed by atoms with Crippen LogP contribution in [0.4, 0.5) is 0 Å². The van der Waals surface area contributed by atoms with Gasteiger partial charge in [0, 0.05) is 25.6 Å². The number of ether oxygens (including phenoxy) is 1. The lowest BCUT2D eigenvalue weighted by Gasteiger charge is -2.32. The number of aliphatic hydroxyl groups is 1. The molecule has 7 heteroatoms. The summed E-state index contributed by atoms with van der Waals surface area (Å²) in [7, 11) is 0. The largest absolute Gasteiger partial charge is 0.466 e. The number of hydrogen-bond acceptors (Lipinski definition) is 5. The second kappa shape index (κ2) is 12.0. The van der Waals surface area contributed by atoms with Crippen LogP contribution in [-0.4, -0.2) is 53.6 Å². The van der Waals surface area contributed by atoms with Gasteiger partial charge >= 0.3 is 5.97 Å². The van der Waals surface area contributed by atoms with Crippen LogP contribution in [0.5, 0.6) is 0 Å². The van der Waals surface area contributed by atoms with E-state index in [0.29, 0.717) is 13.1 Å². The van der Waals surface area contributed by atoms with Crippen LogP contribution in [0.2, 0.25) is 0 Å². The fourth-order valence-corrected chi connectivity index (χ4v) is 5.07. The van der Waals surface area contributed by atoms with Crippen LogP contribution in [0, 0.1) is 23.7 Å². The zero-order valence-electron chi connectivity index (χ0n) is 19.6. The molecule has 0 saturated carbocycles. The van der Waals surface area contributed by atoms with Gasteiger partial charge in [0.15, 0.2) is 0 Å². The summed E-state index contributed by atoms with van der Waals surface area (Å²) in [6, 6.07) is 9.01. The number of amides is 2. The number of benzene rings is 1. The van der Waals surface area contributed by atoms with Crippen molar-refractivity contribution in [2.75, 3.05) is 19.8 Å². The van der Waals surface area contributed by atoms with Gasteiger partial charge in [-0.25, -0.2) is 0 Å². The van der Waals surface area contributed by atoms with Gasteiger partial charge in [-0.05, 0) is 31.2 Å². The Labute approximate surface area is 196 Å². The van der Waals surface area contributed by atoms with Crippen molar-refractivity contribution in [3.05, 3.63) is 48.0 Å². The Balaban J connectivity index is 1.81. The standard InChI is InChI=1S/C26H36N2O5/c1-3-33-26(32)21-18(2)13-14-20-22(21)25(31)28(15-9-4-5-10-16-29)23(20)24(30)27-17-19-11-7-6-8-12-19/h6-8,11-14,18,20-23,29H,3-5,9-10,15-17H2,1-2H3,(H,27,30)/t18-,20+,21-,22-,23+/m1/s1. The van der Waals surface area contributed by atoms with E-state index < -0.39 is 17.9 Å². The minimum Gasteiger partial charge on any atom is -0.466 e. The SMILES string of the molecule is CCOC(=O)[C@H]1[C@@H]2C(=O)N(CCCCCCO)[C@H](C(=O)NCc3ccccc3)[C@H]2C=C[C@H]1C. The van der Waals surface area contributed by atoms with E-state index in [1.165, 1.54) is 0 Å². The zero-order chi connectivity index (χ0) is 23.8. The van der Waals surface area contributed by atoms with E-state index in [1.54, 1.807) is 11.8 Å². The number of unbranched alkanes of at least 4 members (excludes halogenated alkanes) is 3. The van der Waals surface area contributed by atoms with Crippen molar-refractivity contribution in [2.45, 2.75) is 52.1 Å². The van der Waals surface area contributed by atoms with E-state index in [2.05, 4.69) is 5.32 Å². The number of allylic oxidation sites excluding steroid dienone is 1. The molecule has 1 saturated heterocycles. The Morgan fingerprint density at radius 1 is 1.09 bits per heavy atom. The van der Waals surface area contributed by atoms with Gasteiger partial charge in [0.25, 0.3) is 0 Å². The number of likely N-dealkylation sites (tertiary alicyclic amines) is 1. The Kier molecular flexibility index (Phi) is 9.06. The molecular weight excluding hydrogens is 420 g/mol.